The third-order valence-electron chi connectivity index (χ3n) is 2.77. The summed E-state index contributed by atoms with van der Waals surface area (Å²) in [5.74, 6) is 0.410. The molecule has 0 spiro atoms. The first kappa shape index (κ1) is 10.3. The summed E-state index contributed by atoms with van der Waals surface area (Å²) in [6.45, 7) is 0.0711. The van der Waals surface area contributed by atoms with Crippen molar-refractivity contribution in [3.63, 3.8) is 0 Å². The number of nitrogens with zero attached hydrogens (tertiary/aromatic N) is 1. The summed E-state index contributed by atoms with van der Waals surface area (Å²) in [6, 6.07) is 1.58. The van der Waals surface area contributed by atoms with Gasteiger partial charge in [-0.25, -0.2) is 5.10 Å². The number of H-pyrrole nitrogens is 1. The van der Waals surface area contributed by atoms with Crippen LogP contribution in [0.3, 0.4) is 0 Å². The van der Waals surface area contributed by atoms with Gasteiger partial charge in [0, 0.05) is 6.07 Å². The maximum Gasteiger partial charge on any atom is 0.394 e. The molecule has 0 saturated heterocycles. The van der Waals surface area contributed by atoms with Gasteiger partial charge in [-0.3, -0.25) is 0 Å². The van der Waals surface area contributed by atoms with Gasteiger partial charge in [0.2, 0.25) is 5.88 Å². The van der Waals surface area contributed by atoms with E-state index in [-0.39, 0.29) is 25.9 Å². The Morgan fingerprint density at radius 3 is 2.67 bits per heavy atom. The van der Waals surface area contributed by atoms with Crippen molar-refractivity contribution in [2.75, 3.05) is 6.61 Å². The third kappa shape index (κ3) is 2.08. The Balaban J connectivity index is 1.79. The highest BCUT2D eigenvalue weighted by molar-refractivity contribution is 5.05. The van der Waals surface area contributed by atoms with Crippen LogP contribution in [0.1, 0.15) is 19.3 Å². The Bertz CT molecular complexity index is 317. The fourth-order valence-corrected chi connectivity index (χ4v) is 1.51. The standard InChI is InChI=1S/C9H11F3N2O/c10-9(11,12)8(2-3-8)4-6-15-7-1-5-13-14-7/h1,5H,2-4,6H2,(H,13,14). The van der Waals surface area contributed by atoms with Gasteiger partial charge in [-0.2, -0.15) is 18.3 Å². The van der Waals surface area contributed by atoms with Crippen LogP contribution in [0.5, 0.6) is 5.88 Å². The van der Waals surface area contributed by atoms with E-state index in [2.05, 4.69) is 10.2 Å². The summed E-state index contributed by atoms with van der Waals surface area (Å²) in [7, 11) is 0. The lowest BCUT2D eigenvalue weighted by Crippen LogP contribution is -2.26. The maximum absolute atomic E-state index is 12.5. The van der Waals surface area contributed by atoms with Crippen molar-refractivity contribution in [3.8, 4) is 5.88 Å². The van der Waals surface area contributed by atoms with Gasteiger partial charge in [0.05, 0.1) is 18.2 Å². The molecule has 1 aromatic heterocycles. The van der Waals surface area contributed by atoms with Gasteiger partial charge >= 0.3 is 6.18 Å². The summed E-state index contributed by atoms with van der Waals surface area (Å²) < 4.78 is 42.6. The van der Waals surface area contributed by atoms with Gasteiger partial charge in [-0.05, 0) is 19.3 Å². The number of nitrogens with one attached hydrogen (secondary N) is 1. The smallest absolute Gasteiger partial charge is 0.394 e. The predicted octanol–water partition coefficient (Wildman–Crippen LogP) is 2.52. The van der Waals surface area contributed by atoms with E-state index < -0.39 is 11.6 Å². The molecule has 1 N–H and O–H groups in total. The van der Waals surface area contributed by atoms with E-state index in [9.17, 15) is 13.2 Å². The molecule has 1 fully saturated rings. The number of aromatic nitrogens is 2. The molecule has 1 saturated carbocycles. The molecule has 0 amide bonds. The highest BCUT2D eigenvalue weighted by Gasteiger charge is 2.62. The molecule has 1 aliphatic carbocycles. The number of alkyl halides is 3. The van der Waals surface area contributed by atoms with Gasteiger partial charge < -0.3 is 4.74 Å². The van der Waals surface area contributed by atoms with E-state index in [0.29, 0.717) is 5.88 Å². The van der Waals surface area contributed by atoms with Crippen LogP contribution < -0.4 is 4.74 Å². The number of ether oxygens (including phenoxy) is 1. The van der Waals surface area contributed by atoms with Gasteiger partial charge in [-0.1, -0.05) is 0 Å². The Morgan fingerprint density at radius 2 is 2.20 bits per heavy atom. The molecule has 1 aliphatic rings. The molecule has 0 aromatic carbocycles. The fourth-order valence-electron chi connectivity index (χ4n) is 1.51. The molecule has 3 nitrogen and oxygen atoms in total. The fraction of sp³-hybridized carbons (Fsp3) is 0.667. The highest BCUT2D eigenvalue weighted by Crippen LogP contribution is 2.59. The first-order chi connectivity index (χ1) is 7.04. The van der Waals surface area contributed by atoms with Gasteiger partial charge in [0.1, 0.15) is 0 Å². The number of aromatic amines is 1. The zero-order valence-corrected chi connectivity index (χ0v) is 7.97. The molecule has 15 heavy (non-hydrogen) atoms. The Morgan fingerprint density at radius 1 is 1.47 bits per heavy atom. The summed E-state index contributed by atoms with van der Waals surface area (Å²) in [4.78, 5) is 0. The topological polar surface area (TPSA) is 37.9 Å². The lowest BCUT2D eigenvalue weighted by Gasteiger charge is -2.18. The molecule has 0 aliphatic heterocycles. The van der Waals surface area contributed by atoms with E-state index in [1.807, 2.05) is 0 Å². The Kier molecular flexibility index (Phi) is 2.36. The summed E-state index contributed by atoms with van der Waals surface area (Å²) in [5, 5.41) is 6.16. The van der Waals surface area contributed by atoms with Crippen molar-refractivity contribution in [2.45, 2.75) is 25.4 Å². The number of hydrogen-bond donors (Lipinski definition) is 1. The zero-order chi connectivity index (χ0) is 10.9. The van der Waals surface area contributed by atoms with E-state index in [0.717, 1.165) is 0 Å². The summed E-state index contributed by atoms with van der Waals surface area (Å²) in [6.07, 6.45) is -2.13. The van der Waals surface area contributed by atoms with Crippen molar-refractivity contribution in [1.82, 2.24) is 10.2 Å². The largest absolute Gasteiger partial charge is 0.478 e. The van der Waals surface area contributed by atoms with Crippen molar-refractivity contribution in [3.05, 3.63) is 12.3 Å². The van der Waals surface area contributed by atoms with E-state index >= 15 is 0 Å². The molecule has 0 atom stereocenters. The maximum atomic E-state index is 12.5. The zero-order valence-electron chi connectivity index (χ0n) is 7.97. The average Bonchev–Trinajstić information content (AvgIpc) is 2.75. The van der Waals surface area contributed by atoms with Crippen LogP contribution in [-0.2, 0) is 0 Å². The van der Waals surface area contributed by atoms with E-state index in [1.54, 1.807) is 6.07 Å². The lowest BCUT2D eigenvalue weighted by molar-refractivity contribution is -0.190. The van der Waals surface area contributed by atoms with E-state index in [4.69, 9.17) is 4.74 Å². The molecule has 0 radical (unpaired) electrons. The van der Waals surface area contributed by atoms with Crippen LogP contribution in [0.15, 0.2) is 12.3 Å². The van der Waals surface area contributed by atoms with Gasteiger partial charge in [0.25, 0.3) is 0 Å². The second-order valence-electron chi connectivity index (χ2n) is 3.80. The predicted molar refractivity (Wildman–Crippen MR) is 46.4 cm³/mol. The molecule has 84 valence electrons. The number of halogens is 3. The van der Waals surface area contributed by atoms with Crippen molar-refractivity contribution in [1.29, 1.82) is 0 Å². The van der Waals surface area contributed by atoms with Crippen LogP contribution >= 0.6 is 0 Å². The van der Waals surface area contributed by atoms with Crippen LogP contribution in [0.25, 0.3) is 0 Å². The first-order valence-electron chi connectivity index (χ1n) is 4.72. The van der Waals surface area contributed by atoms with E-state index in [1.165, 1.54) is 6.20 Å². The summed E-state index contributed by atoms with van der Waals surface area (Å²) in [5.41, 5.74) is -1.48. The summed E-state index contributed by atoms with van der Waals surface area (Å²) >= 11 is 0. The van der Waals surface area contributed by atoms with Crippen LogP contribution in [0.2, 0.25) is 0 Å². The second-order valence-corrected chi connectivity index (χ2v) is 3.80. The number of rotatable bonds is 4. The van der Waals surface area contributed by atoms with Crippen LogP contribution in [0, 0.1) is 5.41 Å². The second kappa shape index (κ2) is 3.43. The van der Waals surface area contributed by atoms with Crippen LogP contribution in [-0.4, -0.2) is 23.0 Å². The van der Waals surface area contributed by atoms with Crippen molar-refractivity contribution in [2.24, 2.45) is 5.41 Å². The first-order valence-corrected chi connectivity index (χ1v) is 4.72. The van der Waals surface area contributed by atoms with Gasteiger partial charge in [-0.15, -0.1) is 0 Å². The quantitative estimate of drug-likeness (QED) is 0.846. The SMILES string of the molecule is FC(F)(F)C1(CCOc2ccn[nH]2)CC1. The normalized spacial score (nSPS) is 18.9. The molecular weight excluding hydrogens is 209 g/mol. The van der Waals surface area contributed by atoms with Crippen LogP contribution in [0.4, 0.5) is 13.2 Å². The minimum atomic E-state index is -4.09. The Labute approximate surface area is 84.6 Å². The molecule has 0 bridgehead atoms. The van der Waals surface area contributed by atoms with Crippen molar-refractivity contribution >= 4 is 0 Å². The Hall–Kier alpha value is -1.20. The molecular formula is C9H11F3N2O. The lowest BCUT2D eigenvalue weighted by atomic mass is 10.0. The minimum Gasteiger partial charge on any atom is -0.478 e. The molecule has 6 heteroatoms. The highest BCUT2D eigenvalue weighted by atomic mass is 19.4. The minimum absolute atomic E-state index is 0.0233. The third-order valence-corrected chi connectivity index (χ3v) is 2.77. The number of hydrogen-bond acceptors (Lipinski definition) is 2. The molecule has 2 rings (SSSR count). The average molecular weight is 220 g/mol. The van der Waals surface area contributed by atoms with Gasteiger partial charge in [0.15, 0.2) is 0 Å². The monoisotopic (exact) mass is 220 g/mol. The molecule has 1 heterocycles. The molecule has 0 unspecified atom stereocenters. The van der Waals surface area contributed by atoms with Crippen molar-refractivity contribution < 1.29 is 17.9 Å². The molecule has 1 aromatic rings.